The van der Waals surface area contributed by atoms with Crippen molar-refractivity contribution < 1.29 is 44.7 Å². The topological polar surface area (TPSA) is 50.7 Å². The fourth-order valence-electron chi connectivity index (χ4n) is 4.15. The number of rotatable bonds is 6. The Bertz CT molecular complexity index is 1310. The Labute approximate surface area is 211 Å². The van der Waals surface area contributed by atoms with Crippen LogP contribution in [0.5, 0.6) is 5.75 Å². The quantitative estimate of drug-likeness (QED) is 0.350. The van der Waals surface area contributed by atoms with Crippen molar-refractivity contribution in [3.05, 3.63) is 89.5 Å². The Balaban J connectivity index is 1.62. The number of carbonyl (C=O) groups is 1. The number of aliphatic imine (C=N–C) groups is 1. The van der Waals surface area contributed by atoms with Gasteiger partial charge in [0.2, 0.25) is 5.91 Å². The van der Waals surface area contributed by atoms with Crippen molar-refractivity contribution in [3.63, 3.8) is 0 Å². The maximum Gasteiger partial charge on any atom is 0.573 e. The highest BCUT2D eigenvalue weighted by Gasteiger charge is 2.39. The van der Waals surface area contributed by atoms with Crippen molar-refractivity contribution in [2.75, 3.05) is 6.54 Å². The van der Waals surface area contributed by atoms with Crippen LogP contribution in [-0.4, -0.2) is 30.7 Å². The second kappa shape index (κ2) is 10.4. The van der Waals surface area contributed by atoms with Crippen molar-refractivity contribution >= 4 is 11.6 Å². The van der Waals surface area contributed by atoms with Gasteiger partial charge in [-0.25, -0.2) is 8.78 Å². The first-order valence-electron chi connectivity index (χ1n) is 11.1. The van der Waals surface area contributed by atoms with Crippen LogP contribution >= 0.6 is 0 Å². The number of amides is 1. The summed E-state index contributed by atoms with van der Waals surface area (Å²) in [6.07, 6.45) is -9.79. The van der Waals surface area contributed by atoms with Crippen LogP contribution < -0.4 is 10.1 Å². The third-order valence-electron chi connectivity index (χ3n) is 5.81. The maximum absolute atomic E-state index is 14.4. The minimum absolute atomic E-state index is 0.0953. The van der Waals surface area contributed by atoms with E-state index in [2.05, 4.69) is 9.73 Å². The highest BCUT2D eigenvalue weighted by atomic mass is 19.4. The molecule has 3 aromatic rings. The molecule has 0 spiro atoms. The molecule has 12 heteroatoms. The fourth-order valence-corrected chi connectivity index (χ4v) is 4.15. The molecule has 0 aliphatic carbocycles. The van der Waals surface area contributed by atoms with Crippen molar-refractivity contribution in [2.24, 2.45) is 10.9 Å². The zero-order valence-corrected chi connectivity index (χ0v) is 19.2. The average molecular weight is 542 g/mol. The molecule has 0 bridgehead atoms. The molecule has 1 amide bonds. The molecule has 0 saturated heterocycles. The van der Waals surface area contributed by atoms with Gasteiger partial charge < -0.3 is 10.1 Å². The van der Waals surface area contributed by atoms with Crippen LogP contribution in [0, 0.1) is 17.6 Å². The number of benzene rings is 3. The van der Waals surface area contributed by atoms with E-state index in [0.717, 1.165) is 30.3 Å². The number of nitrogens with one attached hydrogen (secondary N) is 1. The summed E-state index contributed by atoms with van der Waals surface area (Å²) in [5, 5.41) is 1.81. The third-order valence-corrected chi connectivity index (χ3v) is 5.81. The van der Waals surface area contributed by atoms with E-state index in [1.54, 1.807) is 12.1 Å². The largest absolute Gasteiger partial charge is 0.573 e. The molecule has 0 saturated carbocycles. The van der Waals surface area contributed by atoms with E-state index in [0.29, 0.717) is 16.7 Å². The van der Waals surface area contributed by atoms with Gasteiger partial charge in [-0.1, -0.05) is 42.5 Å². The number of alkyl halides is 6. The van der Waals surface area contributed by atoms with Crippen LogP contribution in [0.15, 0.2) is 71.7 Å². The number of halogens is 8. The van der Waals surface area contributed by atoms with Gasteiger partial charge in [-0.05, 0) is 41.0 Å². The first kappa shape index (κ1) is 27.1. The molecule has 3 aromatic carbocycles. The Morgan fingerprint density at radius 1 is 0.868 bits per heavy atom. The van der Waals surface area contributed by atoms with Crippen molar-refractivity contribution in [1.82, 2.24) is 5.32 Å². The summed E-state index contributed by atoms with van der Waals surface area (Å²) in [5.41, 5.74) is 0.954. The van der Waals surface area contributed by atoms with Gasteiger partial charge in [0.05, 0.1) is 17.5 Å². The molecular weight excluding hydrogens is 524 g/mol. The predicted octanol–water partition coefficient (Wildman–Crippen LogP) is 6.76. The van der Waals surface area contributed by atoms with Gasteiger partial charge in [0.1, 0.15) is 23.9 Å². The normalized spacial score (nSPS) is 17.7. The molecule has 0 radical (unpaired) electrons. The van der Waals surface area contributed by atoms with E-state index in [4.69, 9.17) is 0 Å². The Morgan fingerprint density at radius 2 is 1.42 bits per heavy atom. The lowest BCUT2D eigenvalue weighted by atomic mass is 9.90. The standard InChI is InChI=1S/C26H18F8N2O2/c27-19-2-1-3-20(28)22(19)21-12-18(24(37)35-13-25(29,30)31)23(36-21)16-6-4-14(5-7-16)15-8-10-17(11-9-15)38-26(32,33)34/h1-11,18,23H,12-13H2,(H,35,37)/t18-,23-/m0/s1. The minimum atomic E-state index is -4.83. The molecule has 1 N–H and O–H groups in total. The van der Waals surface area contributed by atoms with Gasteiger partial charge in [-0.2, -0.15) is 13.2 Å². The Morgan fingerprint density at radius 3 is 1.95 bits per heavy atom. The van der Waals surface area contributed by atoms with Crippen LogP contribution in [-0.2, 0) is 4.79 Å². The number of carbonyl (C=O) groups excluding carboxylic acids is 1. The fraction of sp³-hybridized carbons (Fsp3) is 0.231. The lowest BCUT2D eigenvalue weighted by molar-refractivity contribution is -0.274. The van der Waals surface area contributed by atoms with E-state index >= 15 is 0 Å². The summed E-state index contributed by atoms with van der Waals surface area (Å²) in [7, 11) is 0. The summed E-state index contributed by atoms with van der Waals surface area (Å²) in [6.45, 7) is -1.58. The first-order chi connectivity index (χ1) is 17.8. The molecule has 4 nitrogen and oxygen atoms in total. The highest BCUT2D eigenvalue weighted by molar-refractivity contribution is 6.05. The zero-order chi connectivity index (χ0) is 27.7. The van der Waals surface area contributed by atoms with E-state index in [-0.39, 0.29) is 12.1 Å². The van der Waals surface area contributed by atoms with Crippen molar-refractivity contribution in [2.45, 2.75) is 25.0 Å². The first-order valence-corrected chi connectivity index (χ1v) is 11.1. The summed E-state index contributed by atoms with van der Waals surface area (Å²) in [4.78, 5) is 17.0. The average Bonchev–Trinajstić information content (AvgIpc) is 3.27. The third kappa shape index (κ3) is 6.48. The van der Waals surface area contributed by atoms with E-state index in [1.807, 2.05) is 5.32 Å². The van der Waals surface area contributed by atoms with Crippen molar-refractivity contribution in [3.8, 4) is 16.9 Å². The lowest BCUT2D eigenvalue weighted by Crippen LogP contribution is -2.38. The number of hydrogen-bond donors (Lipinski definition) is 1. The van der Waals surface area contributed by atoms with E-state index in [1.165, 1.54) is 24.3 Å². The smallest absolute Gasteiger partial charge is 0.406 e. The predicted molar refractivity (Wildman–Crippen MR) is 121 cm³/mol. The van der Waals surface area contributed by atoms with E-state index < -0.39 is 59.9 Å². The van der Waals surface area contributed by atoms with Crippen LogP contribution in [0.25, 0.3) is 11.1 Å². The van der Waals surface area contributed by atoms with Gasteiger partial charge in [0.25, 0.3) is 0 Å². The van der Waals surface area contributed by atoms with Gasteiger partial charge in [0.15, 0.2) is 0 Å². The lowest BCUT2D eigenvalue weighted by Gasteiger charge is -2.19. The number of hydrogen-bond acceptors (Lipinski definition) is 3. The number of ether oxygens (including phenoxy) is 1. The molecule has 38 heavy (non-hydrogen) atoms. The SMILES string of the molecule is O=C(NCC(F)(F)F)[C@H]1CC(c2c(F)cccc2F)=N[C@H]1c1ccc(-c2ccc(OC(F)(F)F)cc2)cc1. The molecule has 1 aliphatic heterocycles. The van der Waals surface area contributed by atoms with Gasteiger partial charge in [0, 0.05) is 12.1 Å². The zero-order valence-electron chi connectivity index (χ0n) is 19.2. The molecular formula is C26H18F8N2O2. The monoisotopic (exact) mass is 542 g/mol. The second-order valence-corrected chi connectivity index (χ2v) is 8.46. The van der Waals surface area contributed by atoms with Gasteiger partial charge >= 0.3 is 12.5 Å². The van der Waals surface area contributed by atoms with Crippen LogP contribution in [0.1, 0.15) is 23.6 Å². The van der Waals surface area contributed by atoms with Crippen LogP contribution in [0.4, 0.5) is 35.1 Å². The summed E-state index contributed by atoms with van der Waals surface area (Å²) in [5.74, 6) is -4.40. The molecule has 200 valence electrons. The molecule has 1 aliphatic rings. The maximum atomic E-state index is 14.4. The molecule has 2 atom stereocenters. The Kier molecular flexibility index (Phi) is 7.43. The Hall–Kier alpha value is -3.96. The molecule has 0 fully saturated rings. The van der Waals surface area contributed by atoms with Gasteiger partial charge in [-0.3, -0.25) is 9.79 Å². The molecule has 0 unspecified atom stereocenters. The highest BCUT2D eigenvalue weighted by Crippen LogP contribution is 2.38. The van der Waals surface area contributed by atoms with E-state index in [9.17, 15) is 39.9 Å². The number of nitrogens with zero attached hydrogens (tertiary/aromatic N) is 1. The minimum Gasteiger partial charge on any atom is -0.406 e. The molecule has 1 heterocycles. The summed E-state index contributed by atoms with van der Waals surface area (Å²) >= 11 is 0. The van der Waals surface area contributed by atoms with Crippen molar-refractivity contribution in [1.29, 1.82) is 0 Å². The van der Waals surface area contributed by atoms with Crippen LogP contribution in [0.3, 0.4) is 0 Å². The summed E-state index contributed by atoms with van der Waals surface area (Å²) in [6, 6.07) is 13.4. The molecule has 4 rings (SSSR count). The van der Waals surface area contributed by atoms with Gasteiger partial charge in [-0.15, -0.1) is 13.2 Å². The summed E-state index contributed by atoms with van der Waals surface area (Å²) < 4.78 is 108. The van der Waals surface area contributed by atoms with Crippen LogP contribution in [0.2, 0.25) is 0 Å². The second-order valence-electron chi connectivity index (χ2n) is 8.46. The molecule has 0 aromatic heterocycles.